The fraction of sp³-hybridized carbons (Fsp3) is 0.120. The van der Waals surface area contributed by atoms with Gasteiger partial charge < -0.3 is 25.4 Å². The van der Waals surface area contributed by atoms with Crippen LogP contribution in [0.5, 0.6) is 5.75 Å². The maximum Gasteiger partial charge on any atom is 0.325 e. The Balaban J connectivity index is 1.40. The van der Waals surface area contributed by atoms with Crippen molar-refractivity contribution in [3.05, 3.63) is 88.9 Å². The van der Waals surface area contributed by atoms with Gasteiger partial charge >= 0.3 is 5.97 Å². The molecule has 3 rings (SSSR count). The monoisotopic (exact) mass is 495 g/mol. The number of hydrogen-bond acceptors (Lipinski definition) is 6. The third-order valence-corrected chi connectivity index (χ3v) is 4.89. The van der Waals surface area contributed by atoms with E-state index >= 15 is 0 Å². The van der Waals surface area contributed by atoms with Crippen molar-refractivity contribution < 1.29 is 28.7 Å². The Bertz CT molecular complexity index is 1200. The molecule has 180 valence electrons. The minimum absolute atomic E-state index is 0.317. The van der Waals surface area contributed by atoms with Crippen LogP contribution in [0.3, 0.4) is 0 Å². The molecule has 35 heavy (non-hydrogen) atoms. The van der Waals surface area contributed by atoms with Crippen LogP contribution in [0.2, 0.25) is 5.02 Å². The van der Waals surface area contributed by atoms with E-state index < -0.39 is 30.9 Å². The van der Waals surface area contributed by atoms with Gasteiger partial charge in [-0.2, -0.15) is 0 Å². The molecule has 3 amide bonds. The van der Waals surface area contributed by atoms with E-state index in [-0.39, 0.29) is 5.91 Å². The molecule has 3 aromatic rings. The van der Waals surface area contributed by atoms with Crippen molar-refractivity contribution in [1.29, 1.82) is 0 Å². The highest BCUT2D eigenvalue weighted by molar-refractivity contribution is 6.30. The van der Waals surface area contributed by atoms with Crippen LogP contribution >= 0.6 is 11.6 Å². The second kappa shape index (κ2) is 12.2. The zero-order chi connectivity index (χ0) is 25.2. The third-order valence-electron chi connectivity index (χ3n) is 4.64. The van der Waals surface area contributed by atoms with E-state index in [1.54, 1.807) is 67.8 Å². The van der Waals surface area contributed by atoms with Crippen molar-refractivity contribution >= 4 is 46.7 Å². The average Bonchev–Trinajstić information content (AvgIpc) is 2.87. The van der Waals surface area contributed by atoms with Crippen LogP contribution in [0.15, 0.2) is 72.8 Å². The zero-order valence-electron chi connectivity index (χ0n) is 18.7. The average molecular weight is 496 g/mol. The number of carbonyl (C=O) groups excluding carboxylic acids is 4. The van der Waals surface area contributed by atoms with Gasteiger partial charge in [-0.25, -0.2) is 0 Å². The minimum atomic E-state index is -0.770. The number of rotatable bonds is 9. The number of ether oxygens (including phenoxy) is 2. The molecule has 0 aliphatic heterocycles. The van der Waals surface area contributed by atoms with Crippen LogP contribution in [0, 0.1) is 0 Å². The van der Waals surface area contributed by atoms with Crippen molar-refractivity contribution in [2.75, 3.05) is 30.9 Å². The number of benzene rings is 3. The summed E-state index contributed by atoms with van der Waals surface area (Å²) in [6.45, 7) is -0.928. The van der Waals surface area contributed by atoms with Crippen molar-refractivity contribution in [1.82, 2.24) is 5.32 Å². The number of anilines is 2. The molecule has 9 nitrogen and oxygen atoms in total. The van der Waals surface area contributed by atoms with Gasteiger partial charge in [-0.05, 0) is 72.8 Å². The van der Waals surface area contributed by atoms with Crippen LogP contribution in [-0.2, 0) is 14.3 Å². The fourth-order valence-electron chi connectivity index (χ4n) is 2.83. The Morgan fingerprint density at radius 3 is 1.91 bits per heavy atom. The molecule has 3 N–H and O–H groups in total. The lowest BCUT2D eigenvalue weighted by Crippen LogP contribution is -2.32. The first-order valence-corrected chi connectivity index (χ1v) is 10.8. The number of carbonyl (C=O) groups is 4. The Labute approximate surface area is 206 Å². The summed E-state index contributed by atoms with van der Waals surface area (Å²) in [4.78, 5) is 48.2. The normalized spacial score (nSPS) is 10.1. The highest BCUT2D eigenvalue weighted by Crippen LogP contribution is 2.17. The lowest BCUT2D eigenvalue weighted by molar-refractivity contribution is -0.146. The van der Waals surface area contributed by atoms with Gasteiger partial charge in [0.2, 0.25) is 0 Å². The third kappa shape index (κ3) is 7.86. The summed E-state index contributed by atoms with van der Waals surface area (Å²) < 4.78 is 9.95. The Kier molecular flexibility index (Phi) is 8.80. The molecule has 0 unspecified atom stereocenters. The standard InChI is InChI=1S/C25H22ClN3O6/c1-34-21-12-10-20(11-13-21)29-25(33)17-4-8-19(9-5-17)28-22(30)15-35-23(31)14-27-24(32)16-2-6-18(26)7-3-16/h2-13H,14-15H2,1H3,(H,27,32)(H,28,30)(H,29,33). The highest BCUT2D eigenvalue weighted by Gasteiger charge is 2.12. The van der Waals surface area contributed by atoms with Crippen LogP contribution in [0.4, 0.5) is 11.4 Å². The van der Waals surface area contributed by atoms with E-state index in [0.29, 0.717) is 33.3 Å². The molecule has 0 spiro atoms. The molecule has 0 saturated carbocycles. The van der Waals surface area contributed by atoms with Crippen molar-refractivity contribution in [3.63, 3.8) is 0 Å². The van der Waals surface area contributed by atoms with Crippen LogP contribution in [0.25, 0.3) is 0 Å². The molecule has 10 heteroatoms. The molecule has 0 saturated heterocycles. The van der Waals surface area contributed by atoms with Gasteiger partial charge in [0.05, 0.1) is 7.11 Å². The summed E-state index contributed by atoms with van der Waals surface area (Å²) in [6.07, 6.45) is 0. The number of methoxy groups -OCH3 is 1. The summed E-state index contributed by atoms with van der Waals surface area (Å²) >= 11 is 5.77. The van der Waals surface area contributed by atoms with Crippen molar-refractivity contribution in [2.24, 2.45) is 0 Å². The first-order valence-electron chi connectivity index (χ1n) is 10.4. The van der Waals surface area contributed by atoms with E-state index in [9.17, 15) is 19.2 Å². The molecule has 0 fully saturated rings. The van der Waals surface area contributed by atoms with Crippen molar-refractivity contribution in [2.45, 2.75) is 0 Å². The smallest absolute Gasteiger partial charge is 0.325 e. The molecular formula is C25H22ClN3O6. The van der Waals surface area contributed by atoms with Gasteiger partial charge in [0.1, 0.15) is 12.3 Å². The second-order valence-electron chi connectivity index (χ2n) is 7.16. The fourth-order valence-corrected chi connectivity index (χ4v) is 2.96. The van der Waals surface area contributed by atoms with Crippen LogP contribution in [-0.4, -0.2) is 44.0 Å². The van der Waals surface area contributed by atoms with Gasteiger partial charge in [0.15, 0.2) is 6.61 Å². The maximum atomic E-state index is 12.4. The van der Waals surface area contributed by atoms with Crippen LogP contribution in [0.1, 0.15) is 20.7 Å². The number of nitrogens with one attached hydrogen (secondary N) is 3. The van der Waals surface area contributed by atoms with E-state index in [0.717, 1.165) is 0 Å². The van der Waals surface area contributed by atoms with E-state index in [1.807, 2.05) is 0 Å². The zero-order valence-corrected chi connectivity index (χ0v) is 19.4. The minimum Gasteiger partial charge on any atom is -0.497 e. The SMILES string of the molecule is COc1ccc(NC(=O)c2ccc(NC(=O)COC(=O)CNC(=O)c3ccc(Cl)cc3)cc2)cc1. The molecule has 0 atom stereocenters. The Morgan fingerprint density at radius 1 is 0.743 bits per heavy atom. The van der Waals surface area contributed by atoms with E-state index in [1.165, 1.54) is 12.1 Å². The quantitative estimate of drug-likeness (QED) is 0.390. The molecule has 3 aromatic carbocycles. The van der Waals surface area contributed by atoms with Gasteiger partial charge in [-0.15, -0.1) is 0 Å². The first-order chi connectivity index (χ1) is 16.8. The number of halogens is 1. The molecule has 0 heterocycles. The predicted molar refractivity (Wildman–Crippen MR) is 131 cm³/mol. The summed E-state index contributed by atoms with van der Waals surface area (Å²) in [5.74, 6) is -1.45. The second-order valence-corrected chi connectivity index (χ2v) is 7.59. The maximum absolute atomic E-state index is 12.4. The molecule has 0 aromatic heterocycles. The number of esters is 1. The van der Waals surface area contributed by atoms with Gasteiger partial charge in [0.25, 0.3) is 17.7 Å². The van der Waals surface area contributed by atoms with E-state index in [2.05, 4.69) is 16.0 Å². The first kappa shape index (κ1) is 25.3. The molecule has 0 bridgehead atoms. The van der Waals surface area contributed by atoms with E-state index in [4.69, 9.17) is 21.1 Å². The molecular weight excluding hydrogens is 474 g/mol. The number of hydrogen-bond donors (Lipinski definition) is 3. The molecule has 0 radical (unpaired) electrons. The lowest BCUT2D eigenvalue weighted by Gasteiger charge is -2.09. The summed E-state index contributed by atoms with van der Waals surface area (Å²) in [5.41, 5.74) is 1.75. The van der Waals surface area contributed by atoms with Gasteiger partial charge in [-0.3, -0.25) is 19.2 Å². The van der Waals surface area contributed by atoms with Gasteiger partial charge in [-0.1, -0.05) is 11.6 Å². The summed E-state index contributed by atoms with van der Waals surface area (Å²) in [7, 11) is 1.56. The highest BCUT2D eigenvalue weighted by atomic mass is 35.5. The molecule has 0 aliphatic carbocycles. The Morgan fingerprint density at radius 2 is 1.29 bits per heavy atom. The molecule has 0 aliphatic rings. The summed E-state index contributed by atoms with van der Waals surface area (Å²) in [5, 5.41) is 8.20. The van der Waals surface area contributed by atoms with Crippen LogP contribution < -0.4 is 20.7 Å². The topological polar surface area (TPSA) is 123 Å². The van der Waals surface area contributed by atoms with Crippen molar-refractivity contribution in [3.8, 4) is 5.75 Å². The van der Waals surface area contributed by atoms with Gasteiger partial charge in [0, 0.05) is 27.5 Å². The summed E-state index contributed by atoms with van der Waals surface area (Å²) in [6, 6.07) is 19.2. The largest absolute Gasteiger partial charge is 0.497 e. The predicted octanol–water partition coefficient (Wildman–Crippen LogP) is 3.51. The Hall–Kier alpha value is -4.37. The lowest BCUT2D eigenvalue weighted by atomic mass is 10.2. The number of amides is 3.